The number of hydrogen-bond acceptors (Lipinski definition) is 8. The van der Waals surface area contributed by atoms with Crippen LogP contribution >= 0.6 is 38.5 Å². The highest BCUT2D eigenvalue weighted by Crippen LogP contribution is 2.36. The molecular formula is C30H32BrIN8O3. The zero-order chi connectivity index (χ0) is 31.0. The minimum absolute atomic E-state index is 0.0602. The summed E-state index contributed by atoms with van der Waals surface area (Å²) in [5, 5.41) is 11.4. The monoisotopic (exact) mass is 758 g/mol. The van der Waals surface area contributed by atoms with Crippen LogP contribution in [-0.4, -0.2) is 70.9 Å². The van der Waals surface area contributed by atoms with Crippen molar-refractivity contribution in [2.75, 3.05) is 18.9 Å². The third kappa shape index (κ3) is 6.34. The molecule has 1 saturated heterocycles. The summed E-state index contributed by atoms with van der Waals surface area (Å²) < 4.78 is 1.96. The van der Waals surface area contributed by atoms with Crippen molar-refractivity contribution in [3.63, 3.8) is 0 Å². The van der Waals surface area contributed by atoms with Gasteiger partial charge in [0.1, 0.15) is 34.5 Å². The molecule has 5 rings (SSSR count). The molecule has 1 fully saturated rings. The normalized spacial score (nSPS) is 18.3. The van der Waals surface area contributed by atoms with Crippen LogP contribution in [0.4, 0.5) is 5.82 Å². The van der Waals surface area contributed by atoms with E-state index in [1.54, 1.807) is 22.0 Å². The largest absolute Gasteiger partial charge is 0.319 e. The Morgan fingerprint density at radius 3 is 2.47 bits per heavy atom. The number of aromatic nitrogens is 5. The molecule has 13 heteroatoms. The first kappa shape index (κ1) is 31.1. The smallest absolute Gasteiger partial charge is 0.248 e. The second-order valence-electron chi connectivity index (χ2n) is 10.8. The third-order valence-electron chi connectivity index (χ3n) is 7.65. The van der Waals surface area contributed by atoms with Crippen molar-refractivity contribution >= 4 is 72.8 Å². The number of Topliss-reactive ketones (excluding diaryl/α,β-unsaturated/α-hetero) is 1. The van der Waals surface area contributed by atoms with Crippen LogP contribution < -0.4 is 10.6 Å². The van der Waals surface area contributed by atoms with Gasteiger partial charge in [-0.1, -0.05) is 28.7 Å². The lowest BCUT2D eigenvalue weighted by Gasteiger charge is -2.28. The van der Waals surface area contributed by atoms with Crippen molar-refractivity contribution in [2.24, 2.45) is 5.92 Å². The fraction of sp³-hybridized carbons (Fsp3) is 0.367. The molecule has 11 nitrogen and oxygen atoms in total. The number of nitrogens with one attached hydrogen (secondary N) is 2. The first-order valence-electron chi connectivity index (χ1n) is 13.8. The second kappa shape index (κ2) is 12.7. The number of anilines is 1. The van der Waals surface area contributed by atoms with Crippen molar-refractivity contribution in [3.05, 3.63) is 63.9 Å². The zero-order valence-corrected chi connectivity index (χ0v) is 28.2. The fourth-order valence-corrected chi connectivity index (χ4v) is 7.11. The number of aryl methyl sites for hydroxylation is 3. The number of fused-ring (bicyclic) bond motifs is 1. The molecule has 43 heavy (non-hydrogen) atoms. The standard InChI is InChI=1S/C30H32BrIN8O3/c1-15-6-7-24(31)36-29(15)37-30(43)23-10-20(11-33-5)28(32)40(23)25(42)14-39-27-16(2)8-19(21-12-34-18(4)35-13-21)9-22(27)26(38-39)17(3)41/h6-9,12-13,20,23,28,33H,10-11,14H2,1-5H3,(H,36,37,43)/t20-,23+,28+/m1/s1. The summed E-state index contributed by atoms with van der Waals surface area (Å²) in [6.45, 7) is 7.61. The summed E-state index contributed by atoms with van der Waals surface area (Å²) in [4.78, 5) is 55.0. The number of benzene rings is 1. The molecule has 1 aliphatic rings. The molecule has 0 aliphatic carbocycles. The summed E-state index contributed by atoms with van der Waals surface area (Å²) in [5.74, 6) is 0.419. The molecule has 0 spiro atoms. The number of nitrogens with zero attached hydrogens (tertiary/aromatic N) is 6. The Kier molecular flexibility index (Phi) is 9.23. The molecule has 3 atom stereocenters. The van der Waals surface area contributed by atoms with E-state index in [1.165, 1.54) is 6.92 Å². The Labute approximate surface area is 271 Å². The number of amides is 2. The van der Waals surface area contributed by atoms with Crippen LogP contribution in [-0.2, 0) is 16.1 Å². The molecule has 0 saturated carbocycles. The van der Waals surface area contributed by atoms with Crippen LogP contribution in [0.5, 0.6) is 0 Å². The number of alkyl halides is 1. The van der Waals surface area contributed by atoms with E-state index >= 15 is 0 Å². The maximum Gasteiger partial charge on any atom is 0.248 e. The predicted octanol–water partition coefficient (Wildman–Crippen LogP) is 4.61. The van der Waals surface area contributed by atoms with Gasteiger partial charge in [-0.2, -0.15) is 5.10 Å². The van der Waals surface area contributed by atoms with Gasteiger partial charge >= 0.3 is 0 Å². The van der Waals surface area contributed by atoms with Gasteiger partial charge in [0.15, 0.2) is 5.78 Å². The van der Waals surface area contributed by atoms with Crippen LogP contribution in [0.2, 0.25) is 0 Å². The number of carbonyl (C=O) groups excluding carboxylic acids is 3. The lowest BCUT2D eigenvalue weighted by molar-refractivity contribution is -0.137. The summed E-state index contributed by atoms with van der Waals surface area (Å²) >= 11 is 5.61. The topological polar surface area (TPSA) is 135 Å². The SMILES string of the molecule is CNC[C@H]1C[C@@H](C(=O)Nc2nc(Br)ccc2C)N(C(=O)Cn2nc(C(C)=O)c3cc(-c4cnc(C)nc4)cc(C)c32)[C@@H]1I. The van der Waals surface area contributed by atoms with Gasteiger partial charge in [0.25, 0.3) is 0 Å². The number of likely N-dealkylation sites (tertiary alicyclic amines) is 1. The summed E-state index contributed by atoms with van der Waals surface area (Å²) in [5.41, 5.74) is 4.32. The van der Waals surface area contributed by atoms with Gasteiger partial charge in [0.05, 0.1) is 9.57 Å². The molecule has 0 bridgehead atoms. The summed E-state index contributed by atoms with van der Waals surface area (Å²) in [6.07, 6.45) is 3.99. The maximum atomic E-state index is 14.1. The molecule has 2 N–H and O–H groups in total. The van der Waals surface area contributed by atoms with Crippen LogP contribution in [0.15, 0.2) is 41.3 Å². The minimum Gasteiger partial charge on any atom is -0.319 e. The van der Waals surface area contributed by atoms with Crippen molar-refractivity contribution in [2.45, 2.75) is 50.8 Å². The lowest BCUT2D eigenvalue weighted by atomic mass is 10.0. The van der Waals surface area contributed by atoms with E-state index in [9.17, 15) is 14.4 Å². The van der Waals surface area contributed by atoms with Crippen molar-refractivity contribution in [3.8, 4) is 11.1 Å². The quantitative estimate of drug-likeness (QED) is 0.0875. The average molecular weight is 759 g/mol. The average Bonchev–Trinajstić information content (AvgIpc) is 3.49. The van der Waals surface area contributed by atoms with E-state index < -0.39 is 6.04 Å². The molecule has 1 aliphatic heterocycles. The highest BCUT2D eigenvalue weighted by Gasteiger charge is 2.45. The van der Waals surface area contributed by atoms with Gasteiger partial charge in [-0.3, -0.25) is 19.1 Å². The van der Waals surface area contributed by atoms with Gasteiger partial charge in [0, 0.05) is 42.7 Å². The van der Waals surface area contributed by atoms with E-state index in [2.05, 4.69) is 69.2 Å². The van der Waals surface area contributed by atoms with Crippen LogP contribution in [0.3, 0.4) is 0 Å². The molecule has 4 heterocycles. The number of pyridine rings is 1. The number of rotatable bonds is 8. The van der Waals surface area contributed by atoms with Crippen molar-refractivity contribution < 1.29 is 14.4 Å². The zero-order valence-electron chi connectivity index (χ0n) is 24.5. The van der Waals surface area contributed by atoms with Gasteiger partial charge in [-0.05, 0) is 85.1 Å². The minimum atomic E-state index is -0.698. The Balaban J connectivity index is 1.49. The van der Waals surface area contributed by atoms with E-state index in [1.807, 2.05) is 52.1 Å². The van der Waals surface area contributed by atoms with Crippen molar-refractivity contribution in [1.29, 1.82) is 0 Å². The lowest BCUT2D eigenvalue weighted by Crippen LogP contribution is -2.47. The first-order chi connectivity index (χ1) is 20.5. The predicted molar refractivity (Wildman–Crippen MR) is 176 cm³/mol. The second-order valence-corrected chi connectivity index (χ2v) is 12.9. The number of carbonyl (C=O) groups is 3. The van der Waals surface area contributed by atoms with Crippen molar-refractivity contribution in [1.82, 2.24) is 34.9 Å². The van der Waals surface area contributed by atoms with Crippen LogP contribution in [0.1, 0.15) is 40.8 Å². The van der Waals surface area contributed by atoms with Gasteiger partial charge in [-0.15, -0.1) is 0 Å². The molecule has 0 radical (unpaired) electrons. The van der Waals surface area contributed by atoms with Gasteiger partial charge < -0.3 is 15.5 Å². The number of hydrogen-bond donors (Lipinski definition) is 2. The highest BCUT2D eigenvalue weighted by atomic mass is 127. The number of ketones is 1. The Morgan fingerprint density at radius 2 is 1.79 bits per heavy atom. The highest BCUT2D eigenvalue weighted by molar-refractivity contribution is 14.1. The third-order valence-corrected chi connectivity index (χ3v) is 9.70. The van der Waals surface area contributed by atoms with Gasteiger partial charge in [-0.25, -0.2) is 15.0 Å². The first-order valence-corrected chi connectivity index (χ1v) is 15.9. The Hall–Kier alpha value is -3.30. The summed E-state index contributed by atoms with van der Waals surface area (Å²) in [6, 6.07) is 6.85. The van der Waals surface area contributed by atoms with Crippen LogP contribution in [0, 0.1) is 26.7 Å². The summed E-state index contributed by atoms with van der Waals surface area (Å²) in [7, 11) is 1.86. The fourth-order valence-electron chi connectivity index (χ4n) is 5.55. The van der Waals surface area contributed by atoms with E-state index in [0.717, 1.165) is 22.3 Å². The molecule has 224 valence electrons. The molecule has 4 aromatic rings. The number of halogens is 2. The molecule has 3 aromatic heterocycles. The van der Waals surface area contributed by atoms with E-state index in [-0.39, 0.29) is 39.8 Å². The Morgan fingerprint density at radius 1 is 1.07 bits per heavy atom. The molecule has 0 unspecified atom stereocenters. The van der Waals surface area contributed by atoms with Crippen LogP contribution in [0.25, 0.3) is 22.0 Å². The van der Waals surface area contributed by atoms with E-state index in [0.29, 0.717) is 40.1 Å². The maximum absolute atomic E-state index is 14.1. The molecular weight excluding hydrogens is 727 g/mol. The molecule has 2 amide bonds. The Bertz CT molecular complexity index is 1720. The van der Waals surface area contributed by atoms with Gasteiger partial charge in [0.2, 0.25) is 11.8 Å². The molecule has 1 aromatic carbocycles. The van der Waals surface area contributed by atoms with E-state index in [4.69, 9.17) is 0 Å².